The molecule has 0 aliphatic rings. The summed E-state index contributed by atoms with van der Waals surface area (Å²) in [5, 5.41) is 6.21. The smallest absolute Gasteiger partial charge is 0.0542 e. The summed E-state index contributed by atoms with van der Waals surface area (Å²) in [5.41, 5.74) is 15.3. The van der Waals surface area contributed by atoms with Crippen LogP contribution in [0.1, 0.15) is 39.0 Å². The Kier molecular flexibility index (Phi) is 8.82. The molecule has 0 amide bonds. The number of anilines is 1. The van der Waals surface area contributed by atoms with Crippen LogP contribution in [0.2, 0.25) is 0 Å². The first kappa shape index (κ1) is 35.0. The Morgan fingerprint density at radius 3 is 1.66 bits per heavy atom. The van der Waals surface area contributed by atoms with Crippen molar-refractivity contribution >= 4 is 72.0 Å². The van der Waals surface area contributed by atoms with Crippen molar-refractivity contribution in [2.45, 2.75) is 34.6 Å². The van der Waals surface area contributed by atoms with E-state index in [9.17, 15) is 0 Å². The summed E-state index contributed by atoms with van der Waals surface area (Å²) in [6, 6.07) is 50.7. The molecular formula is C52H46N4. The fourth-order valence-corrected chi connectivity index (χ4v) is 8.69. The zero-order valence-corrected chi connectivity index (χ0v) is 32.8. The molecule has 0 N–H and O–H groups in total. The maximum Gasteiger partial charge on any atom is 0.0542 e. The van der Waals surface area contributed by atoms with E-state index in [2.05, 4.69) is 224 Å². The minimum Gasteiger partial charge on any atom is -0.342 e. The van der Waals surface area contributed by atoms with Crippen molar-refractivity contribution in [3.63, 3.8) is 0 Å². The first-order valence-electron chi connectivity index (χ1n) is 19.5. The number of nitrogens with zero attached hydrogens (tertiary/aromatic N) is 4. The maximum atomic E-state index is 4.33. The average molecular weight is 727 g/mol. The van der Waals surface area contributed by atoms with Gasteiger partial charge < -0.3 is 18.6 Å². The topological polar surface area (TPSA) is 18.0 Å². The maximum absolute atomic E-state index is 4.33. The van der Waals surface area contributed by atoms with Gasteiger partial charge in [0.1, 0.15) is 0 Å². The third-order valence-electron chi connectivity index (χ3n) is 11.2. The normalized spacial score (nSPS) is 12.7. The zero-order valence-electron chi connectivity index (χ0n) is 32.8. The van der Waals surface area contributed by atoms with Crippen molar-refractivity contribution in [1.29, 1.82) is 0 Å². The number of hydrogen-bond donors (Lipinski definition) is 0. The number of benzene rings is 6. The molecule has 56 heavy (non-hydrogen) atoms. The number of fused-ring (bicyclic) bond motifs is 7. The highest BCUT2D eigenvalue weighted by Crippen LogP contribution is 2.39. The molecule has 4 nitrogen and oxygen atoms in total. The van der Waals surface area contributed by atoms with Crippen LogP contribution >= 0.6 is 0 Å². The molecule has 9 aromatic rings. The van der Waals surface area contributed by atoms with E-state index in [1.807, 2.05) is 0 Å². The zero-order chi connectivity index (χ0) is 38.5. The second-order valence-electron chi connectivity index (χ2n) is 14.8. The lowest BCUT2D eigenvalue weighted by Gasteiger charge is -2.25. The minimum atomic E-state index is 0.740. The first-order valence-corrected chi connectivity index (χ1v) is 19.5. The largest absolute Gasteiger partial charge is 0.342 e. The highest BCUT2D eigenvalue weighted by Gasteiger charge is 2.20. The molecule has 274 valence electrons. The van der Waals surface area contributed by atoms with E-state index in [1.165, 1.54) is 71.3 Å². The van der Waals surface area contributed by atoms with Crippen LogP contribution in [-0.2, 0) is 0 Å². The Morgan fingerprint density at radius 1 is 0.589 bits per heavy atom. The molecule has 9 rings (SSSR count). The van der Waals surface area contributed by atoms with Gasteiger partial charge in [-0.15, -0.1) is 0 Å². The Morgan fingerprint density at radius 2 is 1.11 bits per heavy atom. The number of aryl methyl sites for hydroxylation is 1. The monoisotopic (exact) mass is 726 g/mol. The van der Waals surface area contributed by atoms with Crippen LogP contribution in [0.3, 0.4) is 0 Å². The molecule has 0 aliphatic carbocycles. The Hall–Kier alpha value is -6.78. The number of rotatable bonds is 9. The Bertz CT molecular complexity index is 3010. The summed E-state index contributed by atoms with van der Waals surface area (Å²) in [6.07, 6.45) is 8.94. The van der Waals surface area contributed by atoms with Crippen molar-refractivity contribution in [2.24, 2.45) is 0 Å². The quantitative estimate of drug-likeness (QED) is 0.135. The van der Waals surface area contributed by atoms with Gasteiger partial charge >= 0.3 is 0 Å². The molecule has 0 saturated carbocycles. The molecule has 0 unspecified atom stereocenters. The van der Waals surface area contributed by atoms with Gasteiger partial charge in [0.25, 0.3) is 0 Å². The van der Waals surface area contributed by atoms with Gasteiger partial charge in [-0.1, -0.05) is 97.1 Å². The summed E-state index contributed by atoms with van der Waals surface area (Å²) in [4.78, 5) is 2.28. The number of para-hydroxylation sites is 4. The van der Waals surface area contributed by atoms with Crippen LogP contribution in [0.5, 0.6) is 0 Å². The highest BCUT2D eigenvalue weighted by molar-refractivity contribution is 6.13. The predicted octanol–water partition coefficient (Wildman–Crippen LogP) is 14.0. The molecule has 0 bridgehead atoms. The third kappa shape index (κ3) is 5.68. The van der Waals surface area contributed by atoms with Gasteiger partial charge in [-0.05, 0) is 119 Å². The van der Waals surface area contributed by atoms with E-state index in [0.29, 0.717) is 0 Å². The van der Waals surface area contributed by atoms with Gasteiger partial charge in [0.15, 0.2) is 0 Å². The van der Waals surface area contributed by atoms with Gasteiger partial charge in [-0.3, -0.25) is 0 Å². The van der Waals surface area contributed by atoms with Gasteiger partial charge in [0.2, 0.25) is 0 Å². The van der Waals surface area contributed by atoms with Crippen molar-refractivity contribution < 1.29 is 0 Å². The summed E-state index contributed by atoms with van der Waals surface area (Å²) < 4.78 is 7.27. The first-order chi connectivity index (χ1) is 27.4. The molecule has 0 spiro atoms. The summed E-state index contributed by atoms with van der Waals surface area (Å²) >= 11 is 0. The molecule has 0 radical (unpaired) electrons. The van der Waals surface area contributed by atoms with Gasteiger partial charge in [0.05, 0.1) is 27.6 Å². The molecule has 0 atom stereocenters. The number of allylic oxidation sites excluding steroid dienone is 5. The van der Waals surface area contributed by atoms with Crippen molar-refractivity contribution in [1.82, 2.24) is 13.7 Å². The molecule has 3 heterocycles. The Balaban J connectivity index is 1.28. The summed E-state index contributed by atoms with van der Waals surface area (Å²) in [7, 11) is 0. The minimum absolute atomic E-state index is 0.740. The SMILES string of the molecule is C=C(C)N(CC(C)=CC(=CC)n1c2ccc(-n3c(C=CC)c(C)c4ccccc43)cc2c2cc(-n3c4ccccc4c4ccccc43)ccc21)c1ccccc1. The van der Waals surface area contributed by atoms with Gasteiger partial charge in [-0.25, -0.2) is 0 Å². The van der Waals surface area contributed by atoms with Crippen LogP contribution in [0.4, 0.5) is 5.69 Å². The second-order valence-corrected chi connectivity index (χ2v) is 14.8. The van der Waals surface area contributed by atoms with E-state index in [0.717, 1.165) is 35.0 Å². The standard InChI is InChI=1S/C52H46N4/c1-7-18-47-37(6)42-21-12-15-24-48(42)55(47)40-27-29-51-45(32-40)46-33-41(56-49-25-16-13-22-43(49)44-23-14-17-26-50(44)56)28-30-52(46)54(51)38(8-2)31-36(5)34-53(35(3)4)39-19-10-9-11-20-39/h7-33H,3,34H2,1-2,4-6H3. The molecule has 3 aromatic heterocycles. The molecule has 6 aromatic carbocycles. The molecule has 4 heteroatoms. The van der Waals surface area contributed by atoms with Crippen LogP contribution in [-0.4, -0.2) is 20.2 Å². The number of hydrogen-bond acceptors (Lipinski definition) is 1. The van der Waals surface area contributed by atoms with Gasteiger partial charge in [-0.2, -0.15) is 0 Å². The fraction of sp³-hybridized carbons (Fsp3) is 0.115. The van der Waals surface area contributed by atoms with Crippen molar-refractivity contribution in [3.8, 4) is 11.4 Å². The van der Waals surface area contributed by atoms with Crippen LogP contribution < -0.4 is 4.90 Å². The second kappa shape index (κ2) is 14.1. The average Bonchev–Trinajstić information content (AvgIpc) is 3.84. The summed E-state index contributed by atoms with van der Waals surface area (Å²) in [6.45, 7) is 15.8. The van der Waals surface area contributed by atoms with E-state index < -0.39 is 0 Å². The number of aromatic nitrogens is 3. The fourth-order valence-electron chi connectivity index (χ4n) is 8.69. The van der Waals surface area contributed by atoms with Crippen molar-refractivity contribution in [3.05, 3.63) is 187 Å². The Labute approximate surface area is 328 Å². The lowest BCUT2D eigenvalue weighted by Crippen LogP contribution is -2.22. The van der Waals surface area contributed by atoms with E-state index in [4.69, 9.17) is 0 Å². The predicted molar refractivity (Wildman–Crippen MR) is 242 cm³/mol. The van der Waals surface area contributed by atoms with Crippen molar-refractivity contribution in [2.75, 3.05) is 11.4 Å². The van der Waals surface area contributed by atoms with Crippen LogP contribution in [0, 0.1) is 6.92 Å². The highest BCUT2D eigenvalue weighted by atomic mass is 15.1. The molecule has 0 saturated heterocycles. The third-order valence-corrected chi connectivity index (χ3v) is 11.2. The van der Waals surface area contributed by atoms with E-state index >= 15 is 0 Å². The molecule has 0 fully saturated rings. The lowest BCUT2D eigenvalue weighted by molar-refractivity contribution is 0.969. The molecular weight excluding hydrogens is 681 g/mol. The van der Waals surface area contributed by atoms with Crippen LogP contribution in [0.15, 0.2) is 176 Å². The molecule has 0 aliphatic heterocycles. The van der Waals surface area contributed by atoms with Gasteiger partial charge in [0, 0.05) is 67.6 Å². The summed E-state index contributed by atoms with van der Waals surface area (Å²) in [5.74, 6) is 0. The lowest BCUT2D eigenvalue weighted by atomic mass is 10.1. The van der Waals surface area contributed by atoms with Crippen LogP contribution in [0.25, 0.3) is 77.7 Å². The van der Waals surface area contributed by atoms with E-state index in [1.54, 1.807) is 0 Å². The van der Waals surface area contributed by atoms with E-state index in [-0.39, 0.29) is 0 Å².